The van der Waals surface area contributed by atoms with Crippen LogP contribution in [0.2, 0.25) is 0 Å². The molecule has 0 saturated carbocycles. The number of nitrogens with zero attached hydrogens (tertiary/aromatic N) is 1. The van der Waals surface area contributed by atoms with Gasteiger partial charge in [0.1, 0.15) is 6.61 Å². The van der Waals surface area contributed by atoms with Crippen molar-refractivity contribution in [1.29, 1.82) is 0 Å². The number of aliphatic carboxylic acids is 1. The molecule has 250 valence electrons. The number of carboxylic acid groups (broad SMARTS) is 1. The number of hydrogen-bond acceptors (Lipinski definition) is 6. The summed E-state index contributed by atoms with van der Waals surface area (Å²) in [4.78, 5) is 36.4. The Kier molecular flexibility index (Phi) is 26.0. The lowest BCUT2D eigenvalue weighted by molar-refractivity contribution is -0.887. The molecule has 43 heavy (non-hydrogen) atoms. The highest BCUT2D eigenvalue weighted by molar-refractivity contribution is 5.72. The third-order valence-corrected chi connectivity index (χ3v) is 7.34. The summed E-state index contributed by atoms with van der Waals surface area (Å²) in [5.41, 5.74) is 0. The lowest BCUT2D eigenvalue weighted by atomic mass is 10.1. The summed E-state index contributed by atoms with van der Waals surface area (Å²) < 4.78 is 17.0. The van der Waals surface area contributed by atoms with Gasteiger partial charge in [0, 0.05) is 19.3 Å². The van der Waals surface area contributed by atoms with Gasteiger partial charge < -0.3 is 23.8 Å². The zero-order chi connectivity index (χ0) is 32.2. The first-order chi connectivity index (χ1) is 20.6. The van der Waals surface area contributed by atoms with Crippen LogP contribution < -0.4 is 0 Å². The van der Waals surface area contributed by atoms with Gasteiger partial charge in [0.05, 0.1) is 34.4 Å². The average Bonchev–Trinajstić information content (AvgIpc) is 2.94. The van der Waals surface area contributed by atoms with Crippen LogP contribution in [0.5, 0.6) is 0 Å². The number of allylic oxidation sites excluding steroid dienone is 4. The minimum atomic E-state index is -0.883. The molecular formula is C35H64NO7+. The number of ether oxygens (including phenoxy) is 3. The van der Waals surface area contributed by atoms with Crippen molar-refractivity contribution in [1.82, 2.24) is 0 Å². The van der Waals surface area contributed by atoms with E-state index in [1.54, 1.807) is 0 Å². The molecule has 0 fully saturated rings. The predicted molar refractivity (Wildman–Crippen MR) is 174 cm³/mol. The van der Waals surface area contributed by atoms with Crippen LogP contribution in [0.25, 0.3) is 0 Å². The third kappa shape index (κ3) is 26.0. The fourth-order valence-electron chi connectivity index (χ4n) is 4.63. The topological polar surface area (TPSA) is 99.1 Å². The standard InChI is InChI=1S/C35H63NO7/c1-6-8-10-12-14-15-16-17-18-20-22-24-26-34(38)43-31(29-41-28-27-32(35(39)40)36(3,4)5)30-42-33(37)25-23-21-19-13-11-9-7-2/h14-15,19,21,31-32H,6-13,16-18,20,22-30H2,1-5H3/p+1/b15-14+,21-19+. The van der Waals surface area contributed by atoms with Gasteiger partial charge in [-0.2, -0.15) is 0 Å². The number of esters is 2. The van der Waals surface area contributed by atoms with Crippen LogP contribution >= 0.6 is 0 Å². The van der Waals surface area contributed by atoms with Crippen LogP contribution in [0.4, 0.5) is 0 Å². The number of likely N-dealkylation sites (N-methyl/N-ethyl adjacent to an activating group) is 1. The van der Waals surface area contributed by atoms with Crippen molar-refractivity contribution < 1.29 is 38.2 Å². The zero-order valence-electron chi connectivity index (χ0n) is 28.2. The van der Waals surface area contributed by atoms with E-state index in [-0.39, 0.29) is 42.7 Å². The van der Waals surface area contributed by atoms with E-state index < -0.39 is 18.1 Å². The first-order valence-electron chi connectivity index (χ1n) is 16.9. The van der Waals surface area contributed by atoms with E-state index in [4.69, 9.17) is 14.2 Å². The molecule has 0 aliphatic carbocycles. The van der Waals surface area contributed by atoms with Gasteiger partial charge in [-0.3, -0.25) is 9.59 Å². The van der Waals surface area contributed by atoms with E-state index in [9.17, 15) is 19.5 Å². The molecule has 0 radical (unpaired) electrons. The van der Waals surface area contributed by atoms with Crippen molar-refractivity contribution in [2.45, 2.75) is 142 Å². The normalized spacial score (nSPS) is 13.4. The molecule has 0 aromatic heterocycles. The van der Waals surface area contributed by atoms with Crippen molar-refractivity contribution in [2.75, 3.05) is 41.0 Å². The average molecular weight is 611 g/mol. The second kappa shape index (κ2) is 27.4. The zero-order valence-corrected chi connectivity index (χ0v) is 28.2. The minimum Gasteiger partial charge on any atom is -0.477 e. The van der Waals surface area contributed by atoms with Crippen molar-refractivity contribution in [3.05, 3.63) is 24.3 Å². The van der Waals surface area contributed by atoms with Gasteiger partial charge in [0.25, 0.3) is 0 Å². The number of carbonyl (C=O) groups excluding carboxylic acids is 2. The van der Waals surface area contributed by atoms with Crippen molar-refractivity contribution >= 4 is 17.9 Å². The molecule has 0 aliphatic rings. The highest BCUT2D eigenvalue weighted by Crippen LogP contribution is 2.12. The Bertz CT molecular complexity index is 773. The largest absolute Gasteiger partial charge is 0.477 e. The summed E-state index contributed by atoms with van der Waals surface area (Å²) in [6.07, 6.45) is 25.3. The molecule has 0 heterocycles. The van der Waals surface area contributed by atoms with Gasteiger partial charge in [0.15, 0.2) is 12.1 Å². The van der Waals surface area contributed by atoms with Crippen molar-refractivity contribution in [2.24, 2.45) is 0 Å². The second-order valence-corrected chi connectivity index (χ2v) is 12.4. The molecule has 2 unspecified atom stereocenters. The maximum atomic E-state index is 12.5. The van der Waals surface area contributed by atoms with Crippen molar-refractivity contribution in [3.8, 4) is 0 Å². The Balaban J connectivity index is 4.52. The summed E-state index contributed by atoms with van der Waals surface area (Å²) >= 11 is 0. The molecule has 0 amide bonds. The van der Waals surface area contributed by atoms with Gasteiger partial charge >= 0.3 is 17.9 Å². The van der Waals surface area contributed by atoms with Gasteiger partial charge in [-0.25, -0.2) is 4.79 Å². The number of unbranched alkanes of at least 4 members (excludes halogenated alkanes) is 11. The number of quaternary nitrogens is 1. The van der Waals surface area contributed by atoms with Crippen LogP contribution in [-0.2, 0) is 28.6 Å². The molecular weight excluding hydrogens is 546 g/mol. The number of rotatable bonds is 29. The molecule has 0 aromatic carbocycles. The molecule has 0 saturated heterocycles. The van der Waals surface area contributed by atoms with Crippen LogP contribution in [-0.4, -0.2) is 80.6 Å². The smallest absolute Gasteiger partial charge is 0.362 e. The molecule has 0 spiro atoms. The monoisotopic (exact) mass is 610 g/mol. The predicted octanol–water partition coefficient (Wildman–Crippen LogP) is 7.79. The molecule has 8 heteroatoms. The quantitative estimate of drug-likeness (QED) is 0.0399. The van der Waals surface area contributed by atoms with E-state index in [2.05, 4.69) is 32.1 Å². The lowest BCUT2D eigenvalue weighted by Gasteiger charge is -2.31. The molecule has 0 aromatic rings. The van der Waals surface area contributed by atoms with Gasteiger partial charge in [0.2, 0.25) is 0 Å². The SMILES string of the molecule is CCCCC/C=C/CCCCCCCC(=O)OC(COCCC(C(=O)O)[N+](C)(C)C)COC(=O)CC/C=C/CCCCC. The van der Waals surface area contributed by atoms with Crippen LogP contribution in [0.3, 0.4) is 0 Å². The first-order valence-corrected chi connectivity index (χ1v) is 16.9. The molecule has 1 N–H and O–H groups in total. The molecule has 0 bridgehead atoms. The van der Waals surface area contributed by atoms with E-state index in [1.165, 1.54) is 44.9 Å². The van der Waals surface area contributed by atoms with Crippen LogP contribution in [0.1, 0.15) is 129 Å². The summed E-state index contributed by atoms with van der Waals surface area (Å²) in [5.74, 6) is -1.55. The highest BCUT2D eigenvalue weighted by Gasteiger charge is 2.31. The summed E-state index contributed by atoms with van der Waals surface area (Å²) in [6, 6.07) is -0.615. The van der Waals surface area contributed by atoms with Crippen LogP contribution in [0, 0.1) is 0 Å². The highest BCUT2D eigenvalue weighted by atomic mass is 16.6. The van der Waals surface area contributed by atoms with E-state index in [0.717, 1.165) is 44.9 Å². The Morgan fingerprint density at radius 1 is 0.674 bits per heavy atom. The number of carbonyl (C=O) groups is 3. The first kappa shape index (κ1) is 40.8. The van der Waals surface area contributed by atoms with E-state index >= 15 is 0 Å². The summed E-state index contributed by atoms with van der Waals surface area (Å²) in [6.45, 7) is 4.56. The molecule has 2 atom stereocenters. The third-order valence-electron chi connectivity index (χ3n) is 7.34. The molecule has 8 nitrogen and oxygen atoms in total. The summed E-state index contributed by atoms with van der Waals surface area (Å²) in [7, 11) is 5.49. The van der Waals surface area contributed by atoms with Gasteiger partial charge in [-0.1, -0.05) is 83.1 Å². The van der Waals surface area contributed by atoms with Gasteiger partial charge in [-0.05, 0) is 51.4 Å². The van der Waals surface area contributed by atoms with Gasteiger partial charge in [-0.15, -0.1) is 0 Å². The Hall–Kier alpha value is -2.19. The lowest BCUT2D eigenvalue weighted by Crippen LogP contribution is -2.50. The van der Waals surface area contributed by atoms with Crippen molar-refractivity contribution in [3.63, 3.8) is 0 Å². The van der Waals surface area contributed by atoms with E-state index in [0.29, 0.717) is 19.3 Å². The van der Waals surface area contributed by atoms with E-state index in [1.807, 2.05) is 27.2 Å². The maximum Gasteiger partial charge on any atom is 0.362 e. The number of hydrogen-bond donors (Lipinski definition) is 1. The maximum absolute atomic E-state index is 12.5. The minimum absolute atomic E-state index is 0.0474. The fraction of sp³-hybridized carbons (Fsp3) is 0.800. The Morgan fingerprint density at radius 2 is 1.21 bits per heavy atom. The molecule has 0 rings (SSSR count). The Morgan fingerprint density at radius 3 is 1.77 bits per heavy atom. The second-order valence-electron chi connectivity index (χ2n) is 12.4. The number of carboxylic acids is 1. The van der Waals surface area contributed by atoms with Crippen LogP contribution in [0.15, 0.2) is 24.3 Å². The molecule has 0 aliphatic heterocycles. The summed E-state index contributed by atoms with van der Waals surface area (Å²) in [5, 5.41) is 9.53. The fourth-order valence-corrected chi connectivity index (χ4v) is 4.63. The Labute approximate surface area is 262 Å².